The van der Waals surface area contributed by atoms with Gasteiger partial charge in [0.1, 0.15) is 0 Å². The summed E-state index contributed by atoms with van der Waals surface area (Å²) in [4.78, 5) is 84.2. The van der Waals surface area contributed by atoms with Crippen LogP contribution in [0.1, 0.15) is 337 Å². The summed E-state index contributed by atoms with van der Waals surface area (Å²) in [6, 6.07) is 0. The number of likely N-dealkylation sites (tertiary alicyclic amines) is 6. The molecule has 4 aliphatic carbocycles. The minimum Gasteiger partial charge on any atom is -0.343 e. The molecule has 6 heterocycles. The molecule has 103 heavy (non-hydrogen) atoms. The molecule has 0 spiro atoms. The molecule has 4 saturated carbocycles. The first-order valence-corrected chi connectivity index (χ1v) is 43.0. The Labute approximate surface area is 638 Å². The van der Waals surface area contributed by atoms with E-state index in [0.29, 0.717) is 41.4 Å². The van der Waals surface area contributed by atoms with Crippen LogP contribution in [0.4, 0.5) is 0 Å². The fourth-order valence-corrected chi connectivity index (χ4v) is 15.1. The van der Waals surface area contributed by atoms with Crippen LogP contribution in [-0.2, 0) is 28.8 Å². The van der Waals surface area contributed by atoms with Gasteiger partial charge in [0.05, 0.1) is 0 Å². The number of hydrogen-bond donors (Lipinski definition) is 0. The second-order valence-electron chi connectivity index (χ2n) is 42.1. The van der Waals surface area contributed by atoms with E-state index in [2.05, 4.69) is 204 Å². The summed E-state index contributed by atoms with van der Waals surface area (Å²) < 4.78 is 0. The van der Waals surface area contributed by atoms with E-state index in [0.717, 1.165) is 187 Å². The maximum atomic E-state index is 12.7. The Morgan fingerprint density at radius 3 is 0.699 bits per heavy atom. The molecule has 6 saturated heterocycles. The standard InChI is InChI=1S/C16H31NO.C14H27NO.C13H23NO.C13H25NO.C11H19NO.C10H19NO.2C7H14/c1-12(2)13-8-10-17(11-9-13)14(18)16(6,7)15(3,4)5;1-10(2)11-8-15(9-11)12(16)14(6,7)13(3,4)5;1-10(2)11-4-8-14(9-5-11)12(15)13(3)6-7-13;1-10(2)11-6-8-14(9-7-11)12(15)13(3,4)5;1-8(2)9-6-12(7-9)10(13)11(3)4-5-11;1-8(2)10-4-6-11(7-5-10)9(3)12;2*1-6(2)7-4-3-5-7/h12-13H,8-11H2,1-7H3;10-11H,8-9H2,1-7H3;10-11H,4-9H2,1-3H3;10-11H,6-9H2,1-5H3;8-9H,4-7H2,1-3H3;8,10H,4-7H2,1-3H3;2*6-7H,3-5H2,1-2H3. The number of carbonyl (C=O) groups is 6. The van der Waals surface area contributed by atoms with Crippen LogP contribution in [0.2, 0.25) is 0 Å². The van der Waals surface area contributed by atoms with Crippen molar-refractivity contribution < 1.29 is 28.8 Å². The van der Waals surface area contributed by atoms with Gasteiger partial charge in [0.25, 0.3) is 0 Å². The van der Waals surface area contributed by atoms with Crippen LogP contribution in [-0.4, -0.2) is 143 Å². The molecule has 6 amide bonds. The zero-order chi connectivity index (χ0) is 78.9. The zero-order valence-electron chi connectivity index (χ0n) is 74.1. The van der Waals surface area contributed by atoms with Crippen LogP contribution in [0.5, 0.6) is 0 Å². The molecule has 10 fully saturated rings. The van der Waals surface area contributed by atoms with E-state index in [1.54, 1.807) is 6.92 Å². The SMILES string of the molecule is CC(=O)N1CCC(C(C)C)CC1.CC(C)C1CCC1.CC(C)C1CCC1.CC(C)C1CCN(C(=O)C(C)(C)C(C)(C)C)CC1.CC(C)C1CCN(C(=O)C(C)(C)C)CC1.CC(C)C1CCN(C(=O)C2(C)CC2)CC1.CC(C)C1CN(C(=O)C(C)(C)C(C)(C)C)C1.CC(C)C1CN(C(=O)C2(C)CC2)C1. The first kappa shape index (κ1) is 94.0. The highest BCUT2D eigenvalue weighted by Gasteiger charge is 2.51. The number of hydrogen-bond acceptors (Lipinski definition) is 6. The lowest BCUT2D eigenvalue weighted by molar-refractivity contribution is -0.154. The van der Waals surface area contributed by atoms with Crippen LogP contribution in [0.15, 0.2) is 0 Å². The Bertz CT molecular complexity index is 2460. The number of rotatable bonds is 12. The van der Waals surface area contributed by atoms with Gasteiger partial charge in [-0.15, -0.1) is 0 Å². The van der Waals surface area contributed by atoms with E-state index in [9.17, 15) is 28.8 Å². The van der Waals surface area contributed by atoms with Crippen molar-refractivity contribution in [1.29, 1.82) is 0 Å². The molecule has 0 aromatic rings. The van der Waals surface area contributed by atoms with E-state index in [1.165, 1.54) is 89.9 Å². The Hall–Kier alpha value is -3.18. The highest BCUT2D eigenvalue weighted by Crippen LogP contribution is 2.49. The molecule has 12 nitrogen and oxygen atoms in total. The van der Waals surface area contributed by atoms with E-state index >= 15 is 0 Å². The molecule has 0 unspecified atom stereocenters. The van der Waals surface area contributed by atoms with E-state index < -0.39 is 0 Å². The molecule has 10 aliphatic rings. The molecule has 0 N–H and O–H groups in total. The predicted octanol–water partition coefficient (Wildman–Crippen LogP) is 21.4. The van der Waals surface area contributed by atoms with Crippen molar-refractivity contribution in [3.8, 4) is 0 Å². The normalized spacial score (nSPS) is 21.7. The van der Waals surface area contributed by atoms with Crippen molar-refractivity contribution in [2.45, 2.75) is 337 Å². The second kappa shape index (κ2) is 40.5. The number of amides is 6. The predicted molar refractivity (Wildman–Crippen MR) is 437 cm³/mol. The van der Waals surface area contributed by atoms with Crippen LogP contribution in [0, 0.1) is 133 Å². The zero-order valence-corrected chi connectivity index (χ0v) is 74.1. The molecule has 6 aliphatic heterocycles. The molecule has 10 rings (SSSR count). The van der Waals surface area contributed by atoms with Crippen LogP contribution in [0.3, 0.4) is 0 Å². The Kier molecular flexibility index (Phi) is 37.0. The van der Waals surface area contributed by atoms with Crippen molar-refractivity contribution in [3.05, 3.63) is 0 Å². The summed E-state index contributed by atoms with van der Waals surface area (Å²) in [7, 11) is 0. The summed E-state index contributed by atoms with van der Waals surface area (Å²) >= 11 is 0. The average Bonchev–Trinajstić information content (AvgIpc) is 1.69. The van der Waals surface area contributed by atoms with Crippen molar-refractivity contribution in [1.82, 2.24) is 29.4 Å². The topological polar surface area (TPSA) is 122 Å². The van der Waals surface area contributed by atoms with Crippen LogP contribution >= 0.6 is 0 Å². The van der Waals surface area contributed by atoms with Crippen molar-refractivity contribution in [3.63, 3.8) is 0 Å². The molecule has 12 heteroatoms. The van der Waals surface area contributed by atoms with Gasteiger partial charge in [-0.1, -0.05) is 253 Å². The molecule has 0 aromatic heterocycles. The molecular formula is C91H172N6O6. The highest BCUT2D eigenvalue weighted by atomic mass is 16.2. The minimum absolute atomic E-state index is 0.0129. The van der Waals surface area contributed by atoms with Gasteiger partial charge in [-0.25, -0.2) is 0 Å². The van der Waals surface area contributed by atoms with Gasteiger partial charge in [0.2, 0.25) is 35.4 Å². The Morgan fingerprint density at radius 1 is 0.282 bits per heavy atom. The molecule has 602 valence electrons. The van der Waals surface area contributed by atoms with Crippen molar-refractivity contribution in [2.75, 3.05) is 78.5 Å². The van der Waals surface area contributed by atoms with Crippen molar-refractivity contribution in [2.24, 2.45) is 133 Å². The lowest BCUT2D eigenvalue weighted by Crippen LogP contribution is -2.57. The molecule has 0 bridgehead atoms. The van der Waals surface area contributed by atoms with Crippen LogP contribution in [0.25, 0.3) is 0 Å². The monoisotopic (exact) mass is 1450 g/mol. The second-order valence-corrected chi connectivity index (χ2v) is 42.1. The fraction of sp³-hybridized carbons (Fsp3) is 0.934. The van der Waals surface area contributed by atoms with Gasteiger partial charge in [-0.05, 0) is 183 Å². The molecule has 0 aromatic carbocycles. The largest absolute Gasteiger partial charge is 0.343 e. The van der Waals surface area contributed by atoms with Crippen LogP contribution < -0.4 is 0 Å². The first-order chi connectivity index (χ1) is 47.2. The minimum atomic E-state index is -0.280. The fourth-order valence-electron chi connectivity index (χ4n) is 15.1. The van der Waals surface area contributed by atoms with Gasteiger partial charge in [-0.2, -0.15) is 0 Å². The molecule has 0 atom stereocenters. The van der Waals surface area contributed by atoms with Gasteiger partial charge in [-0.3, -0.25) is 28.8 Å². The van der Waals surface area contributed by atoms with E-state index in [1.807, 2.05) is 40.4 Å². The van der Waals surface area contributed by atoms with Crippen molar-refractivity contribution >= 4 is 35.4 Å². The van der Waals surface area contributed by atoms with Gasteiger partial charge in [0, 0.05) is 113 Å². The van der Waals surface area contributed by atoms with E-state index in [-0.39, 0.29) is 43.8 Å². The Balaban J connectivity index is 0.000000310. The third kappa shape index (κ3) is 29.0. The summed E-state index contributed by atoms with van der Waals surface area (Å²) in [6.07, 6.45) is 22.9. The van der Waals surface area contributed by atoms with Gasteiger partial charge >= 0.3 is 0 Å². The van der Waals surface area contributed by atoms with E-state index in [4.69, 9.17) is 0 Å². The smallest absolute Gasteiger partial charge is 0.228 e. The third-order valence-electron chi connectivity index (χ3n) is 28.2. The number of piperidine rings is 4. The quantitative estimate of drug-likeness (QED) is 0.192. The lowest BCUT2D eigenvalue weighted by Gasteiger charge is -2.48. The summed E-state index contributed by atoms with van der Waals surface area (Å²) in [6.45, 7) is 81.3. The van der Waals surface area contributed by atoms with Gasteiger partial charge < -0.3 is 29.4 Å². The average molecular weight is 1450 g/mol. The number of nitrogens with zero attached hydrogens (tertiary/aromatic N) is 6. The Morgan fingerprint density at radius 2 is 0.495 bits per heavy atom. The van der Waals surface area contributed by atoms with Gasteiger partial charge in [0.15, 0.2) is 0 Å². The highest BCUT2D eigenvalue weighted by molar-refractivity contribution is 5.86. The molecular weight excluding hydrogens is 1270 g/mol. The number of carbonyl (C=O) groups excluding carboxylic acids is 6. The lowest BCUT2D eigenvalue weighted by atomic mass is 9.67. The summed E-state index contributed by atoms with van der Waals surface area (Å²) in [5.41, 5.74) is -0.657. The summed E-state index contributed by atoms with van der Waals surface area (Å²) in [5.74, 6) is 15.3. The first-order valence-electron chi connectivity index (χ1n) is 43.0. The molecule has 0 radical (unpaired) electrons. The maximum absolute atomic E-state index is 12.7. The summed E-state index contributed by atoms with van der Waals surface area (Å²) in [5, 5.41) is 0. The third-order valence-corrected chi connectivity index (χ3v) is 28.2. The maximum Gasteiger partial charge on any atom is 0.228 e.